The van der Waals surface area contributed by atoms with E-state index in [1.165, 1.54) is 0 Å². The number of rotatable bonds is 2. The van der Waals surface area contributed by atoms with Crippen LogP contribution in [0.15, 0.2) is 24.3 Å². The van der Waals surface area contributed by atoms with Gasteiger partial charge >= 0.3 is 0 Å². The molecule has 2 nitrogen and oxygen atoms in total. The molecule has 0 aromatic heterocycles. The average molecular weight is 302 g/mol. The largest absolute Gasteiger partial charge is 0.490 e. The van der Waals surface area contributed by atoms with E-state index in [2.05, 4.69) is 22.6 Å². The van der Waals surface area contributed by atoms with Gasteiger partial charge in [0.25, 0.3) is 0 Å². The van der Waals surface area contributed by atoms with E-state index in [0.717, 1.165) is 15.7 Å². The maximum absolute atomic E-state index is 11.0. The van der Waals surface area contributed by atoms with E-state index in [-0.39, 0.29) is 6.10 Å². The SMILES string of the molecule is O=C1CCC(Oc2cccc(I)c2)C1. The Balaban J connectivity index is 2.00. The third-order valence-corrected chi connectivity index (χ3v) is 2.97. The lowest BCUT2D eigenvalue weighted by atomic mass is 10.3. The van der Waals surface area contributed by atoms with Crippen molar-refractivity contribution in [3.05, 3.63) is 27.8 Å². The summed E-state index contributed by atoms with van der Waals surface area (Å²) < 4.78 is 6.86. The maximum Gasteiger partial charge on any atom is 0.136 e. The highest BCUT2D eigenvalue weighted by Crippen LogP contribution is 2.23. The fourth-order valence-corrected chi connectivity index (χ4v) is 2.13. The standard InChI is InChI=1S/C11H11IO2/c12-8-2-1-3-10(6-8)14-11-5-4-9(13)7-11/h1-3,6,11H,4-5,7H2. The van der Waals surface area contributed by atoms with Gasteiger partial charge in [-0.1, -0.05) is 6.07 Å². The topological polar surface area (TPSA) is 26.3 Å². The van der Waals surface area contributed by atoms with Gasteiger partial charge in [0.05, 0.1) is 0 Å². The van der Waals surface area contributed by atoms with Crippen molar-refractivity contribution in [1.29, 1.82) is 0 Å². The molecule has 74 valence electrons. The van der Waals surface area contributed by atoms with Gasteiger partial charge in [-0.3, -0.25) is 4.79 Å². The molecule has 3 heteroatoms. The first-order valence-corrected chi connectivity index (χ1v) is 5.76. The molecular formula is C11H11IO2. The van der Waals surface area contributed by atoms with Crippen LogP contribution in [-0.2, 0) is 4.79 Å². The molecule has 1 saturated carbocycles. The Bertz CT molecular complexity index is 349. The van der Waals surface area contributed by atoms with Gasteiger partial charge < -0.3 is 4.74 Å². The minimum atomic E-state index is 0.0979. The van der Waals surface area contributed by atoms with E-state index in [4.69, 9.17) is 4.74 Å². The van der Waals surface area contributed by atoms with Crippen LogP contribution in [0, 0.1) is 3.57 Å². The van der Waals surface area contributed by atoms with E-state index < -0.39 is 0 Å². The van der Waals surface area contributed by atoms with Gasteiger partial charge in [0.1, 0.15) is 17.6 Å². The van der Waals surface area contributed by atoms with Gasteiger partial charge in [-0.25, -0.2) is 0 Å². The van der Waals surface area contributed by atoms with Gasteiger partial charge in [0.2, 0.25) is 0 Å². The minimum absolute atomic E-state index is 0.0979. The zero-order valence-electron chi connectivity index (χ0n) is 7.70. The monoisotopic (exact) mass is 302 g/mol. The smallest absolute Gasteiger partial charge is 0.136 e. The molecule has 0 bridgehead atoms. The van der Waals surface area contributed by atoms with Crippen LogP contribution in [0.2, 0.25) is 0 Å². The van der Waals surface area contributed by atoms with E-state index in [1.54, 1.807) is 0 Å². The Hall–Kier alpha value is -0.580. The van der Waals surface area contributed by atoms with E-state index >= 15 is 0 Å². The summed E-state index contributed by atoms with van der Waals surface area (Å²) in [6.45, 7) is 0. The van der Waals surface area contributed by atoms with E-state index in [9.17, 15) is 4.79 Å². The lowest BCUT2D eigenvalue weighted by molar-refractivity contribution is -0.117. The van der Waals surface area contributed by atoms with Crippen molar-refractivity contribution < 1.29 is 9.53 Å². The summed E-state index contributed by atoms with van der Waals surface area (Å²) in [5, 5.41) is 0. The Labute approximate surface area is 96.8 Å². The average Bonchev–Trinajstić information content (AvgIpc) is 2.51. The first-order valence-electron chi connectivity index (χ1n) is 4.68. The van der Waals surface area contributed by atoms with Crippen LogP contribution in [-0.4, -0.2) is 11.9 Å². The minimum Gasteiger partial charge on any atom is -0.490 e. The van der Waals surface area contributed by atoms with Gasteiger partial charge in [0.15, 0.2) is 0 Å². The van der Waals surface area contributed by atoms with Crippen molar-refractivity contribution in [2.45, 2.75) is 25.4 Å². The molecule has 1 aliphatic carbocycles. The summed E-state index contributed by atoms with van der Waals surface area (Å²) in [6, 6.07) is 7.91. The molecule has 0 N–H and O–H groups in total. The molecule has 14 heavy (non-hydrogen) atoms. The van der Waals surface area contributed by atoms with Gasteiger partial charge in [-0.05, 0) is 47.2 Å². The summed E-state index contributed by atoms with van der Waals surface area (Å²) in [4.78, 5) is 11.0. The van der Waals surface area contributed by atoms with Crippen LogP contribution in [0.4, 0.5) is 0 Å². The molecule has 1 unspecified atom stereocenters. The van der Waals surface area contributed by atoms with Crippen molar-refractivity contribution in [3.63, 3.8) is 0 Å². The highest BCUT2D eigenvalue weighted by Gasteiger charge is 2.23. The van der Waals surface area contributed by atoms with Crippen LogP contribution < -0.4 is 4.74 Å². The third-order valence-electron chi connectivity index (χ3n) is 2.30. The first kappa shape index (κ1) is 9.96. The van der Waals surface area contributed by atoms with Crippen LogP contribution in [0.5, 0.6) is 5.75 Å². The van der Waals surface area contributed by atoms with Crippen LogP contribution in [0.3, 0.4) is 0 Å². The Morgan fingerprint density at radius 3 is 2.93 bits per heavy atom. The molecule has 0 spiro atoms. The van der Waals surface area contributed by atoms with Crippen LogP contribution >= 0.6 is 22.6 Å². The number of halogens is 1. The highest BCUT2D eigenvalue weighted by atomic mass is 127. The zero-order valence-corrected chi connectivity index (χ0v) is 9.86. The second-order valence-corrected chi connectivity index (χ2v) is 4.72. The molecule has 1 aromatic carbocycles. The molecule has 0 saturated heterocycles. The number of carbonyl (C=O) groups is 1. The number of hydrogen-bond acceptors (Lipinski definition) is 2. The molecule has 0 radical (unpaired) electrons. The number of ether oxygens (including phenoxy) is 1. The van der Waals surface area contributed by atoms with Crippen molar-refractivity contribution in [2.24, 2.45) is 0 Å². The van der Waals surface area contributed by atoms with Crippen molar-refractivity contribution in [3.8, 4) is 5.75 Å². The van der Waals surface area contributed by atoms with E-state index in [0.29, 0.717) is 18.6 Å². The maximum atomic E-state index is 11.0. The van der Waals surface area contributed by atoms with Crippen LogP contribution in [0.1, 0.15) is 19.3 Å². The summed E-state index contributed by atoms with van der Waals surface area (Å²) in [5.74, 6) is 1.19. The molecule has 2 rings (SSSR count). The first-order chi connectivity index (χ1) is 6.74. The molecule has 0 amide bonds. The second kappa shape index (κ2) is 4.29. The van der Waals surface area contributed by atoms with Gasteiger partial charge in [0, 0.05) is 16.4 Å². The Morgan fingerprint density at radius 2 is 2.29 bits per heavy atom. The fraction of sp³-hybridized carbons (Fsp3) is 0.364. The van der Waals surface area contributed by atoms with Gasteiger partial charge in [-0.2, -0.15) is 0 Å². The molecule has 1 fully saturated rings. The van der Waals surface area contributed by atoms with E-state index in [1.807, 2.05) is 24.3 Å². The van der Waals surface area contributed by atoms with Crippen LogP contribution in [0.25, 0.3) is 0 Å². The third kappa shape index (κ3) is 2.47. The second-order valence-electron chi connectivity index (χ2n) is 3.48. The molecule has 1 atom stereocenters. The molecular weight excluding hydrogens is 291 g/mol. The van der Waals surface area contributed by atoms with Crippen molar-refractivity contribution >= 4 is 28.4 Å². The highest BCUT2D eigenvalue weighted by molar-refractivity contribution is 14.1. The number of carbonyl (C=O) groups excluding carboxylic acids is 1. The lowest BCUT2D eigenvalue weighted by Crippen LogP contribution is -2.11. The summed E-state index contributed by atoms with van der Waals surface area (Å²) >= 11 is 2.25. The number of ketones is 1. The van der Waals surface area contributed by atoms with Crippen molar-refractivity contribution in [2.75, 3.05) is 0 Å². The van der Waals surface area contributed by atoms with Crippen molar-refractivity contribution in [1.82, 2.24) is 0 Å². The Morgan fingerprint density at radius 1 is 1.43 bits per heavy atom. The number of benzene rings is 1. The predicted octanol–water partition coefficient (Wildman–Crippen LogP) is 2.79. The summed E-state index contributed by atoms with van der Waals surface area (Å²) in [5.41, 5.74) is 0. The molecule has 0 heterocycles. The lowest BCUT2D eigenvalue weighted by Gasteiger charge is -2.12. The fourth-order valence-electron chi connectivity index (χ4n) is 1.61. The predicted molar refractivity (Wildman–Crippen MR) is 62.4 cm³/mol. The number of Topliss-reactive ketones (excluding diaryl/α,β-unsaturated/α-hetero) is 1. The Kier molecular flexibility index (Phi) is 3.05. The zero-order chi connectivity index (χ0) is 9.97. The summed E-state index contributed by atoms with van der Waals surface area (Å²) in [6.07, 6.45) is 2.21. The molecule has 1 aliphatic rings. The summed E-state index contributed by atoms with van der Waals surface area (Å²) in [7, 11) is 0. The number of hydrogen-bond donors (Lipinski definition) is 0. The normalized spacial score (nSPS) is 21.2. The van der Waals surface area contributed by atoms with Gasteiger partial charge in [-0.15, -0.1) is 0 Å². The quantitative estimate of drug-likeness (QED) is 0.785. The molecule has 0 aliphatic heterocycles. The molecule has 1 aromatic rings.